The molecule has 15 heavy (non-hydrogen) atoms. The number of hydrogen-bond donors (Lipinski definition) is 1. The first-order chi connectivity index (χ1) is 7.15. The molecule has 1 heterocycles. The molecule has 0 unspecified atom stereocenters. The van der Waals surface area contributed by atoms with Crippen LogP contribution in [-0.2, 0) is 7.05 Å². The fourth-order valence-electron chi connectivity index (χ4n) is 1.50. The average Bonchev–Trinajstić information content (AvgIpc) is 2.49. The second kappa shape index (κ2) is 3.77. The molecule has 78 valence electrons. The van der Waals surface area contributed by atoms with E-state index in [9.17, 15) is 0 Å². The Kier molecular flexibility index (Phi) is 2.46. The van der Waals surface area contributed by atoms with E-state index in [2.05, 4.69) is 41.5 Å². The van der Waals surface area contributed by atoms with Crippen LogP contribution in [0.4, 0.5) is 11.6 Å². The molecule has 2 rings (SSSR count). The van der Waals surface area contributed by atoms with Gasteiger partial charge in [0.15, 0.2) is 0 Å². The van der Waals surface area contributed by atoms with Crippen LogP contribution in [0.5, 0.6) is 0 Å². The molecular formula is C12H15N3. The molecule has 0 fully saturated rings. The van der Waals surface area contributed by atoms with Gasteiger partial charge in [-0.05, 0) is 26.0 Å². The molecule has 1 N–H and O–H groups in total. The Morgan fingerprint density at radius 3 is 2.33 bits per heavy atom. The summed E-state index contributed by atoms with van der Waals surface area (Å²) in [5.41, 5.74) is 3.35. The van der Waals surface area contributed by atoms with Crippen molar-refractivity contribution in [3.63, 3.8) is 0 Å². The molecule has 2 aromatic rings. The van der Waals surface area contributed by atoms with Crippen molar-refractivity contribution < 1.29 is 0 Å². The normalized spacial score (nSPS) is 10.3. The number of rotatable bonds is 2. The lowest BCUT2D eigenvalue weighted by Crippen LogP contribution is -1.98. The van der Waals surface area contributed by atoms with Crippen molar-refractivity contribution in [2.45, 2.75) is 13.8 Å². The van der Waals surface area contributed by atoms with Crippen LogP contribution in [0.15, 0.2) is 30.5 Å². The summed E-state index contributed by atoms with van der Waals surface area (Å²) in [5.74, 6) is 0.872. The lowest BCUT2D eigenvalue weighted by molar-refractivity contribution is 0.924. The molecule has 1 aromatic heterocycles. The van der Waals surface area contributed by atoms with Crippen molar-refractivity contribution >= 4 is 11.6 Å². The van der Waals surface area contributed by atoms with E-state index in [-0.39, 0.29) is 0 Å². The Morgan fingerprint density at radius 2 is 1.80 bits per heavy atom. The topological polar surface area (TPSA) is 29.9 Å². The zero-order valence-corrected chi connectivity index (χ0v) is 9.28. The van der Waals surface area contributed by atoms with Crippen LogP contribution < -0.4 is 5.32 Å². The zero-order valence-electron chi connectivity index (χ0n) is 9.28. The standard InChI is InChI=1S/C12H15N3/c1-9-4-6-11(7-5-9)14-12-13-10(2)8-15(12)3/h4-8H,1-3H3,(H,13,14). The Labute approximate surface area is 89.8 Å². The fourth-order valence-corrected chi connectivity index (χ4v) is 1.50. The summed E-state index contributed by atoms with van der Waals surface area (Å²) in [6.45, 7) is 4.06. The molecule has 0 bridgehead atoms. The minimum absolute atomic E-state index is 0.872. The number of aromatic nitrogens is 2. The summed E-state index contributed by atoms with van der Waals surface area (Å²) >= 11 is 0. The van der Waals surface area contributed by atoms with Gasteiger partial charge < -0.3 is 9.88 Å². The van der Waals surface area contributed by atoms with E-state index < -0.39 is 0 Å². The largest absolute Gasteiger partial charge is 0.326 e. The van der Waals surface area contributed by atoms with E-state index in [4.69, 9.17) is 0 Å². The third-order valence-corrected chi connectivity index (χ3v) is 2.30. The summed E-state index contributed by atoms with van der Waals surface area (Å²) < 4.78 is 1.98. The van der Waals surface area contributed by atoms with Crippen molar-refractivity contribution in [2.75, 3.05) is 5.32 Å². The Morgan fingerprint density at radius 1 is 1.13 bits per heavy atom. The van der Waals surface area contributed by atoms with Gasteiger partial charge in [0.25, 0.3) is 0 Å². The van der Waals surface area contributed by atoms with Crippen LogP contribution in [0.25, 0.3) is 0 Å². The van der Waals surface area contributed by atoms with Crippen molar-refractivity contribution in [2.24, 2.45) is 7.05 Å². The van der Waals surface area contributed by atoms with Gasteiger partial charge in [0.05, 0.1) is 5.69 Å². The molecule has 0 spiro atoms. The fraction of sp³-hybridized carbons (Fsp3) is 0.250. The molecule has 0 aliphatic rings. The highest BCUT2D eigenvalue weighted by atomic mass is 15.2. The quantitative estimate of drug-likeness (QED) is 0.809. The summed E-state index contributed by atoms with van der Waals surface area (Å²) in [5, 5.41) is 3.27. The van der Waals surface area contributed by atoms with E-state index >= 15 is 0 Å². The molecule has 0 atom stereocenters. The lowest BCUT2D eigenvalue weighted by atomic mass is 10.2. The first-order valence-corrected chi connectivity index (χ1v) is 4.99. The van der Waals surface area contributed by atoms with Gasteiger partial charge in [-0.3, -0.25) is 0 Å². The molecule has 0 aliphatic heterocycles. The number of anilines is 2. The predicted molar refractivity (Wildman–Crippen MR) is 62.4 cm³/mol. The monoisotopic (exact) mass is 201 g/mol. The molecule has 1 aromatic carbocycles. The van der Waals surface area contributed by atoms with Crippen LogP contribution in [0, 0.1) is 13.8 Å². The van der Waals surface area contributed by atoms with E-state index in [1.807, 2.05) is 24.7 Å². The molecule has 0 saturated carbocycles. The summed E-state index contributed by atoms with van der Waals surface area (Å²) in [6.07, 6.45) is 2.00. The second-order valence-electron chi connectivity index (χ2n) is 3.81. The highest BCUT2D eigenvalue weighted by Crippen LogP contribution is 2.15. The molecular weight excluding hydrogens is 186 g/mol. The van der Waals surface area contributed by atoms with Crippen LogP contribution in [0.2, 0.25) is 0 Å². The van der Waals surface area contributed by atoms with E-state index in [0.29, 0.717) is 0 Å². The third-order valence-electron chi connectivity index (χ3n) is 2.30. The average molecular weight is 201 g/mol. The van der Waals surface area contributed by atoms with Gasteiger partial charge in [-0.2, -0.15) is 0 Å². The molecule has 3 nitrogen and oxygen atoms in total. The lowest BCUT2D eigenvalue weighted by Gasteiger charge is -2.05. The first-order valence-electron chi connectivity index (χ1n) is 4.99. The first kappa shape index (κ1) is 9.77. The Bertz CT molecular complexity index is 454. The smallest absolute Gasteiger partial charge is 0.207 e. The Balaban J connectivity index is 2.21. The van der Waals surface area contributed by atoms with Crippen molar-refractivity contribution in [3.05, 3.63) is 41.7 Å². The SMILES string of the molecule is Cc1ccc(Nc2nc(C)cn2C)cc1. The number of nitrogens with one attached hydrogen (secondary N) is 1. The molecule has 0 radical (unpaired) electrons. The molecule has 0 amide bonds. The molecule has 3 heteroatoms. The van der Waals surface area contributed by atoms with Gasteiger partial charge in [-0.15, -0.1) is 0 Å². The van der Waals surface area contributed by atoms with Gasteiger partial charge in [0.2, 0.25) is 5.95 Å². The highest BCUT2D eigenvalue weighted by Gasteiger charge is 2.01. The maximum Gasteiger partial charge on any atom is 0.207 e. The van der Waals surface area contributed by atoms with Gasteiger partial charge in [0.1, 0.15) is 0 Å². The number of benzene rings is 1. The Hall–Kier alpha value is -1.77. The van der Waals surface area contributed by atoms with E-state index in [1.165, 1.54) is 5.56 Å². The zero-order chi connectivity index (χ0) is 10.8. The number of nitrogens with zero attached hydrogens (tertiary/aromatic N) is 2. The number of imidazole rings is 1. The van der Waals surface area contributed by atoms with Gasteiger partial charge in [0, 0.05) is 18.9 Å². The van der Waals surface area contributed by atoms with Crippen LogP contribution in [0.1, 0.15) is 11.3 Å². The predicted octanol–water partition coefficient (Wildman–Crippen LogP) is 2.78. The third kappa shape index (κ3) is 2.18. The summed E-state index contributed by atoms with van der Waals surface area (Å²) in [7, 11) is 1.98. The van der Waals surface area contributed by atoms with Crippen molar-refractivity contribution in [1.82, 2.24) is 9.55 Å². The summed E-state index contributed by atoms with van der Waals surface area (Å²) in [4.78, 5) is 4.38. The minimum Gasteiger partial charge on any atom is -0.326 e. The maximum atomic E-state index is 4.38. The number of aryl methyl sites for hydroxylation is 3. The maximum absolute atomic E-state index is 4.38. The summed E-state index contributed by atoms with van der Waals surface area (Å²) in [6, 6.07) is 8.27. The van der Waals surface area contributed by atoms with Crippen LogP contribution in [-0.4, -0.2) is 9.55 Å². The minimum atomic E-state index is 0.872. The second-order valence-corrected chi connectivity index (χ2v) is 3.81. The van der Waals surface area contributed by atoms with Crippen LogP contribution in [0.3, 0.4) is 0 Å². The van der Waals surface area contributed by atoms with Gasteiger partial charge in [-0.1, -0.05) is 17.7 Å². The highest BCUT2D eigenvalue weighted by molar-refractivity contribution is 5.54. The van der Waals surface area contributed by atoms with E-state index in [0.717, 1.165) is 17.3 Å². The number of hydrogen-bond acceptors (Lipinski definition) is 2. The molecule has 0 saturated heterocycles. The van der Waals surface area contributed by atoms with Crippen molar-refractivity contribution in [1.29, 1.82) is 0 Å². The van der Waals surface area contributed by atoms with Gasteiger partial charge >= 0.3 is 0 Å². The van der Waals surface area contributed by atoms with Crippen LogP contribution >= 0.6 is 0 Å². The van der Waals surface area contributed by atoms with Gasteiger partial charge in [-0.25, -0.2) is 4.98 Å². The van der Waals surface area contributed by atoms with Crippen molar-refractivity contribution in [3.8, 4) is 0 Å². The molecule has 0 aliphatic carbocycles. The van der Waals surface area contributed by atoms with E-state index in [1.54, 1.807) is 0 Å².